The smallest absolute Gasteiger partial charge is 0.192 e. The molecule has 2 aromatic carbocycles. The van der Waals surface area contributed by atoms with Crippen LogP contribution in [0.1, 0.15) is 11.5 Å². The maximum absolute atomic E-state index is 14.2. The molecule has 130 valence electrons. The van der Waals surface area contributed by atoms with Crippen molar-refractivity contribution in [3.8, 4) is 22.6 Å². The van der Waals surface area contributed by atoms with E-state index in [1.54, 1.807) is 6.92 Å². The second-order valence-electron chi connectivity index (χ2n) is 5.79. The van der Waals surface area contributed by atoms with E-state index in [2.05, 4.69) is 20.9 Å². The van der Waals surface area contributed by atoms with Gasteiger partial charge in [-0.3, -0.25) is 0 Å². The number of halogens is 2. The molecule has 1 aromatic heterocycles. The molecule has 0 N–H and O–H groups in total. The highest BCUT2D eigenvalue weighted by Crippen LogP contribution is 2.35. The third-order valence-electron chi connectivity index (χ3n) is 3.76. The van der Waals surface area contributed by atoms with E-state index < -0.39 is 15.7 Å². The largest absolute Gasteiger partial charge is 0.440 e. The van der Waals surface area contributed by atoms with Gasteiger partial charge in [0.15, 0.2) is 21.5 Å². The molecule has 0 aliphatic heterocycles. The van der Waals surface area contributed by atoms with E-state index in [9.17, 15) is 12.8 Å². The third kappa shape index (κ3) is 3.52. The summed E-state index contributed by atoms with van der Waals surface area (Å²) in [7, 11) is -3.63. The van der Waals surface area contributed by atoms with Gasteiger partial charge in [0.05, 0.1) is 0 Å². The number of rotatable bonds is 3. The first-order valence-corrected chi connectivity index (χ1v) is 10.1. The monoisotopic (exact) mass is 423 g/mol. The molecule has 0 unspecified atom stereocenters. The minimum atomic E-state index is -3.63. The standard InChI is InChI=1S/C18H15BrFNO3S/c1-10-8-12(4-6-14(10)19)17-18(24-11(2)21-17)13-5-7-16(15(20)9-13)25(3,22)23/h4-9H,1-3H3. The van der Waals surface area contributed by atoms with Crippen LogP contribution in [0, 0.1) is 19.7 Å². The second kappa shape index (κ2) is 6.38. The third-order valence-corrected chi connectivity index (χ3v) is 5.78. The van der Waals surface area contributed by atoms with E-state index in [-0.39, 0.29) is 4.90 Å². The number of aromatic nitrogens is 1. The number of hydrogen-bond acceptors (Lipinski definition) is 4. The van der Waals surface area contributed by atoms with Gasteiger partial charge in [0.2, 0.25) is 0 Å². The quantitative estimate of drug-likeness (QED) is 0.598. The summed E-state index contributed by atoms with van der Waals surface area (Å²) in [6, 6.07) is 9.67. The van der Waals surface area contributed by atoms with Crippen LogP contribution < -0.4 is 0 Å². The molecule has 0 saturated heterocycles. The normalized spacial score (nSPS) is 11.7. The molecule has 0 radical (unpaired) electrons. The number of aryl methyl sites for hydroxylation is 2. The van der Waals surface area contributed by atoms with Crippen LogP contribution in [-0.4, -0.2) is 19.7 Å². The molecule has 0 amide bonds. The van der Waals surface area contributed by atoms with Crippen LogP contribution in [0.4, 0.5) is 4.39 Å². The molecule has 4 nitrogen and oxygen atoms in total. The molecule has 0 bridgehead atoms. The number of hydrogen-bond donors (Lipinski definition) is 0. The van der Waals surface area contributed by atoms with Crippen molar-refractivity contribution in [2.24, 2.45) is 0 Å². The van der Waals surface area contributed by atoms with Gasteiger partial charge in [-0.2, -0.15) is 0 Å². The first-order valence-electron chi connectivity index (χ1n) is 7.41. The average Bonchev–Trinajstić information content (AvgIpc) is 2.90. The molecule has 0 aliphatic rings. The van der Waals surface area contributed by atoms with Gasteiger partial charge in [0.1, 0.15) is 16.4 Å². The molecule has 0 spiro atoms. The van der Waals surface area contributed by atoms with Crippen molar-refractivity contribution < 1.29 is 17.2 Å². The zero-order chi connectivity index (χ0) is 18.4. The molecule has 3 rings (SSSR count). The van der Waals surface area contributed by atoms with E-state index in [1.165, 1.54) is 12.1 Å². The highest BCUT2D eigenvalue weighted by atomic mass is 79.9. The molecule has 25 heavy (non-hydrogen) atoms. The van der Waals surface area contributed by atoms with Gasteiger partial charge >= 0.3 is 0 Å². The van der Waals surface area contributed by atoms with Crippen molar-refractivity contribution in [2.75, 3.05) is 6.26 Å². The zero-order valence-electron chi connectivity index (χ0n) is 13.8. The maximum Gasteiger partial charge on any atom is 0.192 e. The Morgan fingerprint density at radius 3 is 2.36 bits per heavy atom. The summed E-state index contributed by atoms with van der Waals surface area (Å²) in [5.41, 5.74) is 2.88. The van der Waals surface area contributed by atoms with Crippen LogP contribution in [0.2, 0.25) is 0 Å². The summed E-state index contributed by atoms with van der Waals surface area (Å²) in [6.45, 7) is 3.67. The van der Waals surface area contributed by atoms with E-state index in [1.807, 2.05) is 25.1 Å². The van der Waals surface area contributed by atoms with Gasteiger partial charge in [0.25, 0.3) is 0 Å². The fourth-order valence-corrected chi connectivity index (χ4v) is 3.53. The van der Waals surface area contributed by atoms with Gasteiger partial charge in [-0.25, -0.2) is 17.8 Å². The Morgan fingerprint density at radius 1 is 1.08 bits per heavy atom. The van der Waals surface area contributed by atoms with E-state index in [0.717, 1.165) is 27.9 Å². The fraction of sp³-hybridized carbons (Fsp3) is 0.167. The predicted molar refractivity (Wildman–Crippen MR) is 97.6 cm³/mol. The van der Waals surface area contributed by atoms with Crippen LogP contribution in [0.15, 0.2) is 50.2 Å². The number of oxazole rings is 1. The van der Waals surface area contributed by atoms with Crippen LogP contribution in [0.5, 0.6) is 0 Å². The molecular formula is C18H15BrFNO3S. The maximum atomic E-state index is 14.2. The van der Waals surface area contributed by atoms with Crippen molar-refractivity contribution in [1.29, 1.82) is 0 Å². The Balaban J connectivity index is 2.16. The first-order chi connectivity index (χ1) is 11.7. The highest BCUT2D eigenvalue weighted by molar-refractivity contribution is 9.10. The molecule has 3 aromatic rings. The first kappa shape index (κ1) is 17.8. The summed E-state index contributed by atoms with van der Waals surface area (Å²) in [6.07, 6.45) is 0.972. The summed E-state index contributed by atoms with van der Waals surface area (Å²) in [4.78, 5) is 4.07. The van der Waals surface area contributed by atoms with Crippen molar-refractivity contribution >= 4 is 25.8 Å². The van der Waals surface area contributed by atoms with Crippen molar-refractivity contribution in [2.45, 2.75) is 18.7 Å². The molecule has 7 heteroatoms. The summed E-state index contributed by atoms with van der Waals surface area (Å²) in [5, 5.41) is 0. The predicted octanol–water partition coefficient (Wildman–Crippen LogP) is 4.93. The highest BCUT2D eigenvalue weighted by Gasteiger charge is 2.19. The van der Waals surface area contributed by atoms with E-state index in [4.69, 9.17) is 4.42 Å². The van der Waals surface area contributed by atoms with Gasteiger partial charge < -0.3 is 4.42 Å². The summed E-state index contributed by atoms with van der Waals surface area (Å²) < 4.78 is 44.0. The summed E-state index contributed by atoms with van der Waals surface area (Å²) in [5.74, 6) is 0.0309. The molecule has 1 heterocycles. The number of sulfone groups is 1. The Hall–Kier alpha value is -1.99. The fourth-order valence-electron chi connectivity index (χ4n) is 2.55. The van der Waals surface area contributed by atoms with Gasteiger partial charge in [0, 0.05) is 28.8 Å². The second-order valence-corrected chi connectivity index (χ2v) is 8.63. The Labute approximate surface area is 153 Å². The lowest BCUT2D eigenvalue weighted by Crippen LogP contribution is -2.00. The topological polar surface area (TPSA) is 60.2 Å². The lowest BCUT2D eigenvalue weighted by atomic mass is 10.0. The van der Waals surface area contributed by atoms with Crippen LogP contribution in [-0.2, 0) is 9.84 Å². The minimum Gasteiger partial charge on any atom is -0.440 e. The Morgan fingerprint density at radius 2 is 1.76 bits per heavy atom. The molecule has 0 atom stereocenters. The van der Waals surface area contributed by atoms with Crippen LogP contribution in [0.3, 0.4) is 0 Å². The van der Waals surface area contributed by atoms with Gasteiger partial charge in [-0.15, -0.1) is 0 Å². The Kier molecular flexibility index (Phi) is 4.55. The minimum absolute atomic E-state index is 0.339. The number of benzene rings is 2. The molecule has 0 fully saturated rings. The van der Waals surface area contributed by atoms with Crippen LogP contribution in [0.25, 0.3) is 22.6 Å². The molecule has 0 saturated carbocycles. The van der Waals surface area contributed by atoms with E-state index >= 15 is 0 Å². The van der Waals surface area contributed by atoms with Crippen LogP contribution >= 0.6 is 15.9 Å². The van der Waals surface area contributed by atoms with Gasteiger partial charge in [-0.1, -0.05) is 22.0 Å². The molecular weight excluding hydrogens is 409 g/mol. The lowest BCUT2D eigenvalue weighted by Gasteiger charge is -2.06. The Bertz CT molecular complexity index is 1070. The van der Waals surface area contributed by atoms with Crippen molar-refractivity contribution in [3.05, 3.63) is 58.1 Å². The van der Waals surface area contributed by atoms with Gasteiger partial charge in [-0.05, 0) is 42.8 Å². The SMILES string of the molecule is Cc1nc(-c2ccc(Br)c(C)c2)c(-c2ccc(S(C)(=O)=O)c(F)c2)o1. The number of nitrogens with zero attached hydrogens (tertiary/aromatic N) is 1. The summed E-state index contributed by atoms with van der Waals surface area (Å²) >= 11 is 3.46. The zero-order valence-corrected chi connectivity index (χ0v) is 16.2. The average molecular weight is 424 g/mol. The lowest BCUT2D eigenvalue weighted by molar-refractivity contribution is 0.532. The van der Waals surface area contributed by atoms with E-state index in [0.29, 0.717) is 22.9 Å². The molecule has 0 aliphatic carbocycles. The van der Waals surface area contributed by atoms with Crippen molar-refractivity contribution in [3.63, 3.8) is 0 Å². The van der Waals surface area contributed by atoms with Crippen molar-refractivity contribution in [1.82, 2.24) is 4.98 Å².